The van der Waals surface area contributed by atoms with Gasteiger partial charge in [-0.1, -0.05) is 84.9 Å². The van der Waals surface area contributed by atoms with Crippen LogP contribution < -0.4 is 0 Å². The molecule has 3 heterocycles. The smallest absolute Gasteiger partial charge is 0.307 e. The summed E-state index contributed by atoms with van der Waals surface area (Å²) in [5, 5.41) is 12.4. The monoisotopic (exact) mass is 1140 g/mol. The van der Waals surface area contributed by atoms with Crippen molar-refractivity contribution >= 4 is 43.6 Å². The average Bonchev–Trinajstić information content (AvgIpc) is 2.56. The minimum Gasteiger partial charge on any atom is -0.307 e. The molecule has 16 heteroatoms. The van der Waals surface area contributed by atoms with Crippen LogP contribution >= 0.6 is 0 Å². The molecule has 0 N–H and O–H groups in total. The number of aryl methyl sites for hydroxylation is 4. The largest absolute Gasteiger partial charge is 0.416 e. The van der Waals surface area contributed by atoms with Gasteiger partial charge in [-0.2, -0.15) is 57.9 Å². The Labute approximate surface area is 471 Å². The minimum absolute atomic E-state index is 0.230. The second-order valence-electron chi connectivity index (χ2n) is 21.2. The zero-order valence-corrected chi connectivity index (χ0v) is 44.6. The highest BCUT2D eigenvalue weighted by Gasteiger charge is 2.34. The first-order valence-electron chi connectivity index (χ1n) is 26.1. The highest BCUT2D eigenvalue weighted by molar-refractivity contribution is 6.13. The minimum atomic E-state index is -4.67. The average molecular weight is 1140 g/mol. The Morgan fingerprint density at radius 3 is 0.929 bits per heavy atom. The second-order valence-corrected chi connectivity index (χ2v) is 21.2. The SMILES string of the molecule is Cc1cc(-c2ccc3c4ccc(-c5cc(C)cc(C(F)(F)F)c5)cc4n(-c4cc(-c5ccc(C#N)cc5)c(-n5c6cc(-c7cc(C)cc(C(F)(F)F)c7)ccc6c6ccc(-c7cc(C)cc(C(F)(F)F)c7)cc65)cn4)c3c2)cc(C(F)(F)F)c1. The van der Waals surface area contributed by atoms with Crippen molar-refractivity contribution in [1.82, 2.24) is 14.1 Å². The fraction of sp³-hybridized carbons (Fsp3) is 0.118. The van der Waals surface area contributed by atoms with E-state index in [1.54, 1.807) is 166 Å². The fourth-order valence-corrected chi connectivity index (χ4v) is 11.4. The number of benzene rings is 9. The van der Waals surface area contributed by atoms with Crippen LogP contribution in [0.2, 0.25) is 0 Å². The highest BCUT2D eigenvalue weighted by Crippen LogP contribution is 2.45. The van der Waals surface area contributed by atoms with Crippen molar-refractivity contribution in [3.63, 3.8) is 0 Å². The molecule has 84 heavy (non-hydrogen) atoms. The molecular formula is C68H42F12N4. The third kappa shape index (κ3) is 10.1. The van der Waals surface area contributed by atoms with Crippen LogP contribution in [0.3, 0.4) is 0 Å². The number of aromatic nitrogens is 3. The Bertz CT molecular complexity index is 4480. The van der Waals surface area contributed by atoms with Gasteiger partial charge in [-0.15, -0.1) is 0 Å². The number of fused-ring (bicyclic) bond motifs is 6. The van der Waals surface area contributed by atoms with Gasteiger partial charge in [0, 0.05) is 27.1 Å². The normalized spacial score (nSPS) is 12.5. The van der Waals surface area contributed by atoms with Gasteiger partial charge < -0.3 is 4.57 Å². The molecule has 0 atom stereocenters. The van der Waals surface area contributed by atoms with Crippen LogP contribution in [0.5, 0.6) is 0 Å². The molecule has 0 aliphatic heterocycles. The summed E-state index contributed by atoms with van der Waals surface area (Å²) in [7, 11) is 0. The Morgan fingerprint density at radius 2 is 0.631 bits per heavy atom. The number of rotatable bonds is 7. The lowest BCUT2D eigenvalue weighted by Crippen LogP contribution is -2.06. The number of nitriles is 1. The van der Waals surface area contributed by atoms with Gasteiger partial charge in [0.2, 0.25) is 0 Å². The number of halogens is 12. The number of alkyl halides is 12. The fourth-order valence-electron chi connectivity index (χ4n) is 11.4. The van der Waals surface area contributed by atoms with Gasteiger partial charge in [0.1, 0.15) is 5.82 Å². The number of pyridine rings is 1. The van der Waals surface area contributed by atoms with Gasteiger partial charge >= 0.3 is 24.7 Å². The van der Waals surface area contributed by atoms with E-state index in [4.69, 9.17) is 4.98 Å². The Kier molecular flexibility index (Phi) is 12.9. The summed E-state index contributed by atoms with van der Waals surface area (Å²) in [5.41, 5.74) is 4.14. The van der Waals surface area contributed by atoms with E-state index >= 15 is 0 Å². The molecule has 0 radical (unpaired) electrons. The van der Waals surface area contributed by atoms with Crippen molar-refractivity contribution < 1.29 is 52.7 Å². The molecule has 0 aliphatic carbocycles. The number of hydrogen-bond donors (Lipinski definition) is 0. The molecule has 418 valence electrons. The van der Waals surface area contributed by atoms with Gasteiger partial charge in [0.05, 0.1) is 67.8 Å². The molecular weight excluding hydrogens is 1100 g/mol. The summed E-state index contributed by atoms with van der Waals surface area (Å²) in [6.45, 7) is 6.22. The molecule has 4 nitrogen and oxygen atoms in total. The highest BCUT2D eigenvalue weighted by atomic mass is 19.4. The summed E-state index contributed by atoms with van der Waals surface area (Å²) < 4.78 is 176. The van der Waals surface area contributed by atoms with E-state index in [-0.39, 0.29) is 28.1 Å². The van der Waals surface area contributed by atoms with E-state index in [1.165, 1.54) is 0 Å². The molecule has 0 fully saturated rings. The van der Waals surface area contributed by atoms with Crippen molar-refractivity contribution in [2.75, 3.05) is 0 Å². The van der Waals surface area contributed by atoms with Crippen LogP contribution in [0.25, 0.3) is 111 Å². The van der Waals surface area contributed by atoms with Gasteiger partial charge in [-0.25, -0.2) is 4.98 Å². The van der Waals surface area contributed by atoms with Crippen LogP contribution in [0.1, 0.15) is 50.1 Å². The lowest BCUT2D eigenvalue weighted by Gasteiger charge is -2.18. The molecule has 0 spiro atoms. The van der Waals surface area contributed by atoms with Gasteiger partial charge in [0.25, 0.3) is 0 Å². The molecule has 0 bridgehead atoms. The summed E-state index contributed by atoms with van der Waals surface area (Å²) in [6.07, 6.45) is -17.1. The van der Waals surface area contributed by atoms with E-state index in [0.717, 1.165) is 48.5 Å². The van der Waals surface area contributed by atoms with Crippen molar-refractivity contribution in [3.05, 3.63) is 232 Å². The summed E-state index contributed by atoms with van der Waals surface area (Å²) in [5.74, 6) is 0.230. The predicted octanol–water partition coefficient (Wildman–Crippen LogP) is 20.8. The van der Waals surface area contributed by atoms with Gasteiger partial charge in [-0.05, 0) is 191 Å². The van der Waals surface area contributed by atoms with Crippen LogP contribution in [0.4, 0.5) is 52.7 Å². The van der Waals surface area contributed by atoms with Crippen molar-refractivity contribution in [2.24, 2.45) is 0 Å². The maximum absolute atomic E-state index is 14.4. The molecule has 12 rings (SSSR count). The molecule has 0 unspecified atom stereocenters. The van der Waals surface area contributed by atoms with Crippen LogP contribution in [0, 0.1) is 39.0 Å². The Hall–Kier alpha value is -9.62. The Morgan fingerprint density at radius 1 is 0.333 bits per heavy atom. The van der Waals surface area contributed by atoms with E-state index in [2.05, 4.69) is 6.07 Å². The number of nitrogens with zero attached hydrogens (tertiary/aromatic N) is 4. The number of hydrogen-bond acceptors (Lipinski definition) is 2. The van der Waals surface area contributed by atoms with E-state index in [9.17, 15) is 57.9 Å². The first-order chi connectivity index (χ1) is 39.7. The van der Waals surface area contributed by atoms with Gasteiger partial charge in [0.15, 0.2) is 0 Å². The molecule has 12 aromatic rings. The standard InChI is InChI=1S/C68H42F12N4/c1-36-17-46(25-50(21-36)65(69,70)71)42-9-13-54-55-14-10-43(47-18-37(2)22-51(26-47)66(72,73)74)30-60(55)83(59(54)29-42)63-35-82-64(33-58(63)41-7-5-40(34-81)6-8-41)84-61-31-44(48-19-38(3)23-52(27-48)67(75,76)77)11-15-56(61)57-16-12-45(32-62(57)84)49-20-39(4)24-53(28-49)68(78,79)80/h5-33,35H,1-4H3. The lowest BCUT2D eigenvalue weighted by molar-refractivity contribution is -0.138. The maximum atomic E-state index is 14.4. The quantitative estimate of drug-likeness (QED) is 0.149. The third-order valence-electron chi connectivity index (χ3n) is 15.2. The molecule has 0 saturated heterocycles. The van der Waals surface area contributed by atoms with E-state index in [1.807, 2.05) is 4.57 Å². The molecule has 0 amide bonds. The maximum Gasteiger partial charge on any atom is 0.416 e. The first-order valence-corrected chi connectivity index (χ1v) is 26.1. The molecule has 0 saturated carbocycles. The third-order valence-corrected chi connectivity index (χ3v) is 15.2. The van der Waals surface area contributed by atoms with E-state index < -0.39 is 47.0 Å². The summed E-state index contributed by atoms with van der Waals surface area (Å²) >= 11 is 0. The zero-order chi connectivity index (χ0) is 59.5. The predicted molar refractivity (Wildman–Crippen MR) is 304 cm³/mol. The molecule has 9 aromatic carbocycles. The van der Waals surface area contributed by atoms with Crippen LogP contribution in [-0.2, 0) is 24.7 Å². The molecule has 0 aliphatic rings. The van der Waals surface area contributed by atoms with Crippen molar-refractivity contribution in [2.45, 2.75) is 52.4 Å². The van der Waals surface area contributed by atoms with Crippen LogP contribution in [0.15, 0.2) is 182 Å². The Balaban J connectivity index is 1.17. The summed E-state index contributed by atoms with van der Waals surface area (Å²) in [6, 6.07) is 46.1. The second kappa shape index (κ2) is 19.8. The zero-order valence-electron chi connectivity index (χ0n) is 44.6. The van der Waals surface area contributed by atoms with Crippen molar-refractivity contribution in [1.29, 1.82) is 5.26 Å². The van der Waals surface area contributed by atoms with Crippen molar-refractivity contribution in [3.8, 4) is 73.2 Å². The molecule has 3 aromatic heterocycles. The van der Waals surface area contributed by atoms with Gasteiger partial charge in [-0.3, -0.25) is 4.57 Å². The topological polar surface area (TPSA) is 46.5 Å². The lowest BCUT2D eigenvalue weighted by atomic mass is 9.98. The van der Waals surface area contributed by atoms with E-state index in [0.29, 0.717) is 110 Å². The van der Waals surface area contributed by atoms with Crippen LogP contribution in [-0.4, -0.2) is 14.1 Å². The summed E-state index contributed by atoms with van der Waals surface area (Å²) in [4.78, 5) is 5.14. The first kappa shape index (κ1) is 54.9.